The summed E-state index contributed by atoms with van der Waals surface area (Å²) in [5.74, 6) is 1.56. The summed E-state index contributed by atoms with van der Waals surface area (Å²) in [6, 6.07) is 0. The summed E-state index contributed by atoms with van der Waals surface area (Å²) in [5, 5.41) is 4.67. The lowest BCUT2D eigenvalue weighted by Gasteiger charge is -2.17. The second-order valence-corrected chi connectivity index (χ2v) is 6.42. The summed E-state index contributed by atoms with van der Waals surface area (Å²) >= 11 is 9.57. The van der Waals surface area contributed by atoms with E-state index in [1.54, 1.807) is 0 Å². The van der Waals surface area contributed by atoms with Crippen molar-refractivity contribution in [3.63, 3.8) is 0 Å². The first-order valence-corrected chi connectivity index (χ1v) is 8.54. The molecule has 0 spiro atoms. The van der Waals surface area contributed by atoms with Gasteiger partial charge in [-0.05, 0) is 54.6 Å². The molecule has 2 heterocycles. The van der Waals surface area contributed by atoms with Gasteiger partial charge in [-0.1, -0.05) is 6.92 Å². The molecule has 0 aromatic carbocycles. The van der Waals surface area contributed by atoms with Crippen LogP contribution in [-0.4, -0.2) is 33.6 Å². The summed E-state index contributed by atoms with van der Waals surface area (Å²) < 4.78 is 3.34. The van der Waals surface area contributed by atoms with E-state index in [2.05, 4.69) is 44.5 Å². The van der Waals surface area contributed by atoms with E-state index < -0.39 is 0 Å². The number of hydrogen-bond donors (Lipinski definition) is 0. The van der Waals surface area contributed by atoms with Crippen LogP contribution in [0.4, 0.5) is 0 Å². The topological polar surface area (TPSA) is 21.1 Å². The van der Waals surface area contributed by atoms with Gasteiger partial charge in [0.05, 0.1) is 15.9 Å². The highest BCUT2D eigenvalue weighted by Crippen LogP contribution is 2.27. The van der Waals surface area contributed by atoms with Crippen LogP contribution in [0.3, 0.4) is 0 Å². The van der Waals surface area contributed by atoms with Crippen LogP contribution in [0.15, 0.2) is 4.47 Å². The van der Waals surface area contributed by atoms with E-state index in [4.69, 9.17) is 11.6 Å². The van der Waals surface area contributed by atoms with Crippen molar-refractivity contribution < 1.29 is 0 Å². The second kappa shape index (κ2) is 7.09. The third-order valence-electron chi connectivity index (χ3n) is 3.95. The van der Waals surface area contributed by atoms with E-state index >= 15 is 0 Å². The fraction of sp³-hybridized carbons (Fsp3) is 0.786. The Morgan fingerprint density at radius 3 is 2.84 bits per heavy atom. The molecule has 2 rings (SSSR count). The fourth-order valence-electron chi connectivity index (χ4n) is 2.83. The maximum absolute atomic E-state index is 5.84. The number of alkyl halides is 1. The molecule has 3 nitrogen and oxygen atoms in total. The zero-order valence-corrected chi connectivity index (χ0v) is 14.2. The Morgan fingerprint density at radius 2 is 2.21 bits per heavy atom. The Hall–Kier alpha value is -0.0600. The monoisotopic (exact) mass is 347 g/mol. The predicted octanol–water partition coefficient (Wildman–Crippen LogP) is 3.68. The minimum Gasteiger partial charge on any atom is -0.297 e. The van der Waals surface area contributed by atoms with E-state index in [1.807, 2.05) is 0 Å². The van der Waals surface area contributed by atoms with Crippen molar-refractivity contribution in [2.75, 3.05) is 19.0 Å². The van der Waals surface area contributed by atoms with Crippen LogP contribution in [0.25, 0.3) is 0 Å². The molecule has 1 aromatic heterocycles. The average Bonchev–Trinajstić information content (AvgIpc) is 2.97. The SMILES string of the molecule is CCc1nn(CC)c(CN2CCC(CCCl)C2)c1Br. The van der Waals surface area contributed by atoms with Crippen molar-refractivity contribution in [1.82, 2.24) is 14.7 Å². The molecule has 0 amide bonds. The van der Waals surface area contributed by atoms with Gasteiger partial charge in [0, 0.05) is 25.5 Å². The molecule has 1 atom stereocenters. The number of aromatic nitrogens is 2. The molecule has 0 saturated carbocycles. The largest absolute Gasteiger partial charge is 0.297 e. The first kappa shape index (κ1) is 15.3. The van der Waals surface area contributed by atoms with Crippen LogP contribution in [0, 0.1) is 5.92 Å². The van der Waals surface area contributed by atoms with Gasteiger partial charge >= 0.3 is 0 Å². The summed E-state index contributed by atoms with van der Waals surface area (Å²) in [4.78, 5) is 2.53. The Balaban J connectivity index is 2.05. The molecule has 1 aliphatic rings. The van der Waals surface area contributed by atoms with Gasteiger partial charge in [-0.25, -0.2) is 0 Å². The Kier molecular flexibility index (Phi) is 5.72. The van der Waals surface area contributed by atoms with E-state index in [0.29, 0.717) is 0 Å². The van der Waals surface area contributed by atoms with Crippen LogP contribution < -0.4 is 0 Å². The van der Waals surface area contributed by atoms with Gasteiger partial charge in [0.25, 0.3) is 0 Å². The van der Waals surface area contributed by atoms with Crippen LogP contribution in [-0.2, 0) is 19.5 Å². The number of likely N-dealkylation sites (tertiary alicyclic amines) is 1. The van der Waals surface area contributed by atoms with Gasteiger partial charge < -0.3 is 0 Å². The van der Waals surface area contributed by atoms with E-state index in [0.717, 1.165) is 37.7 Å². The minimum atomic E-state index is 0.778. The number of rotatable bonds is 6. The molecule has 1 unspecified atom stereocenters. The quantitative estimate of drug-likeness (QED) is 0.731. The molecule has 0 radical (unpaired) electrons. The number of halogens is 2. The van der Waals surface area contributed by atoms with Crippen LogP contribution >= 0.6 is 27.5 Å². The molecule has 0 aliphatic carbocycles. The lowest BCUT2D eigenvalue weighted by Crippen LogP contribution is -2.22. The molecule has 0 bridgehead atoms. The average molecular weight is 349 g/mol. The van der Waals surface area contributed by atoms with Gasteiger partial charge in [0.15, 0.2) is 0 Å². The zero-order valence-electron chi connectivity index (χ0n) is 11.8. The standard InChI is InChI=1S/C14H23BrClN3/c1-3-12-14(15)13(19(4-2)17-12)10-18-8-6-11(9-18)5-7-16/h11H,3-10H2,1-2H3. The molecule has 0 N–H and O–H groups in total. The molecule has 1 fully saturated rings. The molecule has 1 aromatic rings. The van der Waals surface area contributed by atoms with Crippen molar-refractivity contribution in [2.45, 2.75) is 46.2 Å². The van der Waals surface area contributed by atoms with Crippen molar-refractivity contribution in [3.8, 4) is 0 Å². The first-order chi connectivity index (χ1) is 9.19. The second-order valence-electron chi connectivity index (χ2n) is 5.24. The maximum atomic E-state index is 5.84. The molecule has 108 valence electrons. The van der Waals surface area contributed by atoms with Crippen molar-refractivity contribution in [3.05, 3.63) is 15.9 Å². The summed E-state index contributed by atoms with van der Waals surface area (Å²) in [7, 11) is 0. The highest BCUT2D eigenvalue weighted by molar-refractivity contribution is 9.10. The Labute approximate surface area is 129 Å². The maximum Gasteiger partial charge on any atom is 0.0767 e. The number of aryl methyl sites for hydroxylation is 2. The van der Waals surface area contributed by atoms with Crippen molar-refractivity contribution >= 4 is 27.5 Å². The van der Waals surface area contributed by atoms with Crippen LogP contribution in [0.5, 0.6) is 0 Å². The van der Waals surface area contributed by atoms with Crippen LogP contribution in [0.2, 0.25) is 0 Å². The highest BCUT2D eigenvalue weighted by Gasteiger charge is 2.24. The van der Waals surface area contributed by atoms with Crippen molar-refractivity contribution in [1.29, 1.82) is 0 Å². The predicted molar refractivity (Wildman–Crippen MR) is 83.7 cm³/mol. The zero-order chi connectivity index (χ0) is 13.8. The Bertz CT molecular complexity index is 419. The van der Waals surface area contributed by atoms with Gasteiger partial charge in [-0.2, -0.15) is 5.10 Å². The van der Waals surface area contributed by atoms with Gasteiger partial charge in [-0.15, -0.1) is 11.6 Å². The summed E-state index contributed by atoms with van der Waals surface area (Å²) in [5.41, 5.74) is 2.50. The molecule has 5 heteroatoms. The number of hydrogen-bond acceptors (Lipinski definition) is 2. The molecule has 1 saturated heterocycles. The van der Waals surface area contributed by atoms with Crippen molar-refractivity contribution in [2.24, 2.45) is 5.92 Å². The lowest BCUT2D eigenvalue weighted by atomic mass is 10.1. The van der Waals surface area contributed by atoms with Gasteiger partial charge in [-0.3, -0.25) is 9.58 Å². The third kappa shape index (κ3) is 3.53. The normalized spacial score (nSPS) is 20.3. The van der Waals surface area contributed by atoms with E-state index in [1.165, 1.54) is 35.4 Å². The van der Waals surface area contributed by atoms with Gasteiger partial charge in [0.2, 0.25) is 0 Å². The summed E-state index contributed by atoms with van der Waals surface area (Å²) in [6.45, 7) is 8.61. The lowest BCUT2D eigenvalue weighted by molar-refractivity contribution is 0.304. The smallest absolute Gasteiger partial charge is 0.0767 e. The minimum absolute atomic E-state index is 0.778. The summed E-state index contributed by atoms with van der Waals surface area (Å²) in [6.07, 6.45) is 3.41. The molecular formula is C14H23BrClN3. The Morgan fingerprint density at radius 1 is 1.42 bits per heavy atom. The fourth-order valence-corrected chi connectivity index (χ4v) is 3.82. The molecular weight excluding hydrogens is 326 g/mol. The third-order valence-corrected chi connectivity index (χ3v) is 5.09. The van der Waals surface area contributed by atoms with Gasteiger partial charge in [0.1, 0.15) is 0 Å². The van der Waals surface area contributed by atoms with Crippen LogP contribution in [0.1, 0.15) is 38.1 Å². The molecule has 19 heavy (non-hydrogen) atoms. The first-order valence-electron chi connectivity index (χ1n) is 7.21. The molecule has 1 aliphatic heterocycles. The highest BCUT2D eigenvalue weighted by atomic mass is 79.9. The van der Waals surface area contributed by atoms with E-state index in [9.17, 15) is 0 Å². The van der Waals surface area contributed by atoms with E-state index in [-0.39, 0.29) is 0 Å². The number of nitrogens with zero attached hydrogens (tertiary/aromatic N) is 3.